The smallest absolute Gasteiger partial charge is 0.133 e. The van der Waals surface area contributed by atoms with Gasteiger partial charge in [0.25, 0.3) is 0 Å². The van der Waals surface area contributed by atoms with Crippen LogP contribution < -0.4 is 10.5 Å². The van der Waals surface area contributed by atoms with Gasteiger partial charge in [-0.25, -0.2) is 4.39 Å². The van der Waals surface area contributed by atoms with E-state index in [0.717, 1.165) is 12.8 Å². The van der Waals surface area contributed by atoms with Gasteiger partial charge in [0.1, 0.15) is 11.6 Å². The van der Waals surface area contributed by atoms with Crippen LogP contribution in [0.2, 0.25) is 0 Å². The lowest BCUT2D eigenvalue weighted by molar-refractivity contribution is 0.408. The summed E-state index contributed by atoms with van der Waals surface area (Å²) < 4.78 is 19.6. The lowest BCUT2D eigenvalue weighted by Gasteiger charge is -2.17. The minimum atomic E-state index is -0.203. The SMILES string of the molecule is COc1ccc(F)c(C2(CN)CC2)c1Br. The van der Waals surface area contributed by atoms with Crippen LogP contribution in [-0.4, -0.2) is 13.7 Å². The molecule has 4 heteroatoms. The number of hydrogen-bond donors (Lipinski definition) is 1. The number of hydrogen-bond acceptors (Lipinski definition) is 2. The van der Waals surface area contributed by atoms with Crippen molar-refractivity contribution in [3.05, 3.63) is 28.0 Å². The fraction of sp³-hybridized carbons (Fsp3) is 0.455. The van der Waals surface area contributed by atoms with E-state index in [4.69, 9.17) is 10.5 Å². The van der Waals surface area contributed by atoms with Gasteiger partial charge < -0.3 is 10.5 Å². The molecule has 0 spiro atoms. The maximum absolute atomic E-state index is 13.7. The molecule has 0 aromatic heterocycles. The number of ether oxygens (including phenoxy) is 1. The summed E-state index contributed by atoms with van der Waals surface area (Å²) in [5.74, 6) is 0.455. The lowest BCUT2D eigenvalue weighted by atomic mass is 9.95. The third-order valence-corrected chi connectivity index (χ3v) is 3.84. The van der Waals surface area contributed by atoms with Crippen LogP contribution in [0.4, 0.5) is 4.39 Å². The molecule has 2 rings (SSSR count). The minimum Gasteiger partial charge on any atom is -0.496 e. The average molecular weight is 274 g/mol. The molecule has 0 atom stereocenters. The number of nitrogens with two attached hydrogens (primary N) is 1. The van der Waals surface area contributed by atoms with Gasteiger partial charge in [-0.1, -0.05) is 0 Å². The number of rotatable bonds is 3. The first-order chi connectivity index (χ1) is 7.14. The first kappa shape index (κ1) is 10.9. The van der Waals surface area contributed by atoms with Crippen molar-refractivity contribution in [2.24, 2.45) is 5.73 Å². The zero-order chi connectivity index (χ0) is 11.1. The average Bonchev–Trinajstić information content (AvgIpc) is 2.99. The van der Waals surface area contributed by atoms with Gasteiger partial charge in [0, 0.05) is 17.5 Å². The molecule has 15 heavy (non-hydrogen) atoms. The zero-order valence-electron chi connectivity index (χ0n) is 8.52. The van der Waals surface area contributed by atoms with Gasteiger partial charge in [-0.05, 0) is 40.9 Å². The third kappa shape index (κ3) is 1.66. The summed E-state index contributed by atoms with van der Waals surface area (Å²) in [6, 6.07) is 3.06. The molecular formula is C11H13BrFNO. The highest BCUT2D eigenvalue weighted by atomic mass is 79.9. The van der Waals surface area contributed by atoms with Crippen molar-refractivity contribution in [1.82, 2.24) is 0 Å². The second kappa shape index (κ2) is 3.76. The Morgan fingerprint density at radius 1 is 1.53 bits per heavy atom. The van der Waals surface area contributed by atoms with E-state index in [1.54, 1.807) is 13.2 Å². The highest BCUT2D eigenvalue weighted by Gasteiger charge is 2.46. The van der Waals surface area contributed by atoms with Gasteiger partial charge in [0.15, 0.2) is 0 Å². The summed E-state index contributed by atoms with van der Waals surface area (Å²) in [5.41, 5.74) is 6.20. The number of benzene rings is 1. The highest BCUT2D eigenvalue weighted by molar-refractivity contribution is 9.10. The summed E-state index contributed by atoms with van der Waals surface area (Å²) in [7, 11) is 1.57. The largest absolute Gasteiger partial charge is 0.496 e. The van der Waals surface area contributed by atoms with E-state index >= 15 is 0 Å². The van der Waals surface area contributed by atoms with Crippen molar-refractivity contribution in [2.75, 3.05) is 13.7 Å². The van der Waals surface area contributed by atoms with Crippen LogP contribution in [0.15, 0.2) is 16.6 Å². The quantitative estimate of drug-likeness (QED) is 0.919. The molecule has 2 nitrogen and oxygen atoms in total. The molecule has 0 saturated heterocycles. The molecule has 0 bridgehead atoms. The van der Waals surface area contributed by atoms with Crippen molar-refractivity contribution in [3.63, 3.8) is 0 Å². The van der Waals surface area contributed by atoms with Gasteiger partial charge in [0.05, 0.1) is 11.6 Å². The standard InChI is InChI=1S/C11H13BrFNO/c1-15-8-3-2-7(13)9(10(8)12)11(6-14)4-5-11/h2-3H,4-6,14H2,1H3. The van der Waals surface area contributed by atoms with Crippen LogP contribution in [0.3, 0.4) is 0 Å². The molecule has 1 aromatic carbocycles. The predicted octanol–water partition coefficient (Wildman–Crippen LogP) is 2.59. The first-order valence-corrected chi connectivity index (χ1v) is 5.66. The summed E-state index contributed by atoms with van der Waals surface area (Å²) in [6.45, 7) is 0.482. The Morgan fingerprint density at radius 2 is 2.20 bits per heavy atom. The van der Waals surface area contributed by atoms with Crippen molar-refractivity contribution in [1.29, 1.82) is 0 Å². The molecule has 0 amide bonds. The predicted molar refractivity (Wildman–Crippen MR) is 60.6 cm³/mol. The van der Waals surface area contributed by atoms with Crippen molar-refractivity contribution >= 4 is 15.9 Å². The summed E-state index contributed by atoms with van der Waals surface area (Å²) in [5, 5.41) is 0. The fourth-order valence-corrected chi connectivity index (χ4v) is 2.79. The highest BCUT2D eigenvalue weighted by Crippen LogP contribution is 2.52. The maximum Gasteiger partial charge on any atom is 0.133 e. The van der Waals surface area contributed by atoms with Crippen LogP contribution in [0.25, 0.3) is 0 Å². The molecular weight excluding hydrogens is 261 g/mol. The zero-order valence-corrected chi connectivity index (χ0v) is 10.1. The van der Waals surface area contributed by atoms with E-state index in [2.05, 4.69) is 15.9 Å². The van der Waals surface area contributed by atoms with E-state index in [9.17, 15) is 4.39 Å². The molecule has 2 N–H and O–H groups in total. The minimum absolute atomic E-state index is 0.169. The van der Waals surface area contributed by atoms with Crippen LogP contribution in [-0.2, 0) is 5.41 Å². The molecule has 1 fully saturated rings. The third-order valence-electron chi connectivity index (χ3n) is 3.05. The molecule has 1 saturated carbocycles. The van der Waals surface area contributed by atoms with Gasteiger partial charge in [-0.15, -0.1) is 0 Å². The van der Waals surface area contributed by atoms with Gasteiger partial charge in [-0.2, -0.15) is 0 Å². The van der Waals surface area contributed by atoms with E-state index in [-0.39, 0.29) is 11.2 Å². The van der Waals surface area contributed by atoms with Crippen LogP contribution in [0.1, 0.15) is 18.4 Å². The molecule has 0 radical (unpaired) electrons. The second-order valence-corrected chi connectivity index (χ2v) is 4.72. The van der Waals surface area contributed by atoms with Gasteiger partial charge in [0.2, 0.25) is 0 Å². The van der Waals surface area contributed by atoms with E-state index in [0.29, 0.717) is 22.3 Å². The van der Waals surface area contributed by atoms with Crippen molar-refractivity contribution in [3.8, 4) is 5.75 Å². The lowest BCUT2D eigenvalue weighted by Crippen LogP contribution is -2.21. The van der Waals surface area contributed by atoms with Crippen LogP contribution >= 0.6 is 15.9 Å². The molecule has 0 unspecified atom stereocenters. The van der Waals surface area contributed by atoms with Crippen LogP contribution in [0, 0.1) is 5.82 Å². The second-order valence-electron chi connectivity index (χ2n) is 3.92. The fourth-order valence-electron chi connectivity index (χ4n) is 1.88. The normalized spacial score (nSPS) is 17.6. The Kier molecular flexibility index (Phi) is 2.73. The Bertz CT molecular complexity index is 390. The van der Waals surface area contributed by atoms with Crippen molar-refractivity contribution < 1.29 is 9.13 Å². The maximum atomic E-state index is 13.7. The summed E-state index contributed by atoms with van der Waals surface area (Å²) >= 11 is 3.39. The van der Waals surface area contributed by atoms with Gasteiger partial charge >= 0.3 is 0 Å². The number of halogens is 2. The topological polar surface area (TPSA) is 35.2 Å². The van der Waals surface area contributed by atoms with E-state index in [1.165, 1.54) is 6.07 Å². The van der Waals surface area contributed by atoms with Crippen molar-refractivity contribution in [2.45, 2.75) is 18.3 Å². The molecule has 1 aromatic rings. The monoisotopic (exact) mass is 273 g/mol. The molecule has 0 heterocycles. The van der Waals surface area contributed by atoms with Crippen LogP contribution in [0.5, 0.6) is 5.75 Å². The van der Waals surface area contributed by atoms with E-state index in [1.807, 2.05) is 0 Å². The Hall–Kier alpha value is -0.610. The summed E-state index contributed by atoms with van der Waals surface area (Å²) in [6.07, 6.45) is 1.90. The van der Waals surface area contributed by atoms with E-state index < -0.39 is 0 Å². The Balaban J connectivity index is 2.54. The molecule has 1 aliphatic rings. The Labute approximate surface area is 96.7 Å². The first-order valence-electron chi connectivity index (χ1n) is 4.87. The summed E-state index contributed by atoms with van der Waals surface area (Å²) in [4.78, 5) is 0. The number of methoxy groups -OCH3 is 1. The van der Waals surface area contributed by atoms with Gasteiger partial charge in [-0.3, -0.25) is 0 Å². The molecule has 1 aliphatic carbocycles. The molecule has 0 aliphatic heterocycles. The molecule has 82 valence electrons. The Morgan fingerprint density at radius 3 is 2.67 bits per heavy atom.